The number of aliphatic hydroxyl groups excluding tert-OH is 1. The van der Waals surface area contributed by atoms with Crippen LogP contribution in [0.4, 0.5) is 10.7 Å². The smallest absolute Gasteiger partial charge is 0.304 e. The SMILES string of the molecule is CCN1CCN(c2sc([C@@H](C)O)cc2[N+](=O)[O-])CC1C. The Labute approximate surface area is 122 Å². The normalized spacial score (nSPS) is 22.0. The summed E-state index contributed by atoms with van der Waals surface area (Å²) in [6.07, 6.45) is -0.665. The molecular formula is C13H21N3O3S. The van der Waals surface area contributed by atoms with Crippen LogP contribution in [0.25, 0.3) is 0 Å². The number of aliphatic hydroxyl groups is 1. The van der Waals surface area contributed by atoms with Crippen LogP contribution < -0.4 is 4.90 Å². The molecule has 112 valence electrons. The molecular weight excluding hydrogens is 278 g/mol. The molecule has 1 aromatic rings. The number of hydrogen-bond donors (Lipinski definition) is 1. The van der Waals surface area contributed by atoms with E-state index in [1.807, 2.05) is 0 Å². The van der Waals surface area contributed by atoms with Crippen molar-refractivity contribution in [3.05, 3.63) is 21.1 Å². The van der Waals surface area contributed by atoms with Crippen molar-refractivity contribution in [3.63, 3.8) is 0 Å². The van der Waals surface area contributed by atoms with E-state index in [2.05, 4.69) is 23.6 Å². The van der Waals surface area contributed by atoms with Gasteiger partial charge in [-0.25, -0.2) is 0 Å². The average Bonchev–Trinajstić information content (AvgIpc) is 2.84. The summed E-state index contributed by atoms with van der Waals surface area (Å²) < 4.78 is 0. The Balaban J connectivity index is 2.26. The van der Waals surface area contributed by atoms with Gasteiger partial charge >= 0.3 is 5.69 Å². The maximum absolute atomic E-state index is 11.2. The van der Waals surface area contributed by atoms with Crippen LogP contribution >= 0.6 is 11.3 Å². The van der Waals surface area contributed by atoms with Crippen molar-refractivity contribution in [1.29, 1.82) is 0 Å². The van der Waals surface area contributed by atoms with E-state index in [-0.39, 0.29) is 10.6 Å². The minimum Gasteiger partial charge on any atom is -0.388 e. The molecule has 1 aliphatic rings. The lowest BCUT2D eigenvalue weighted by atomic mass is 10.2. The van der Waals surface area contributed by atoms with Crippen molar-refractivity contribution < 1.29 is 10.0 Å². The summed E-state index contributed by atoms with van der Waals surface area (Å²) in [5.74, 6) is 0. The van der Waals surface area contributed by atoms with Crippen LogP contribution in [-0.4, -0.2) is 47.2 Å². The highest BCUT2D eigenvalue weighted by atomic mass is 32.1. The molecule has 0 aromatic carbocycles. The first-order chi connectivity index (χ1) is 9.43. The largest absolute Gasteiger partial charge is 0.388 e. The third-order valence-electron chi connectivity index (χ3n) is 3.78. The molecule has 0 radical (unpaired) electrons. The number of rotatable bonds is 4. The number of piperazine rings is 1. The van der Waals surface area contributed by atoms with Gasteiger partial charge in [0, 0.05) is 36.6 Å². The average molecular weight is 299 g/mol. The van der Waals surface area contributed by atoms with Crippen molar-refractivity contribution in [2.24, 2.45) is 0 Å². The lowest BCUT2D eigenvalue weighted by molar-refractivity contribution is -0.383. The fraction of sp³-hybridized carbons (Fsp3) is 0.692. The van der Waals surface area contributed by atoms with E-state index in [0.717, 1.165) is 26.2 Å². The first kappa shape index (κ1) is 15.2. The summed E-state index contributed by atoms with van der Waals surface area (Å²) in [4.78, 5) is 15.9. The number of anilines is 1. The highest BCUT2D eigenvalue weighted by Gasteiger charge is 2.30. The van der Waals surface area contributed by atoms with Crippen LogP contribution in [0, 0.1) is 10.1 Å². The molecule has 1 aliphatic heterocycles. The molecule has 6 nitrogen and oxygen atoms in total. The molecule has 1 aromatic heterocycles. The molecule has 1 fully saturated rings. The zero-order valence-corrected chi connectivity index (χ0v) is 12.9. The van der Waals surface area contributed by atoms with E-state index in [1.54, 1.807) is 6.92 Å². The summed E-state index contributed by atoms with van der Waals surface area (Å²) in [5, 5.41) is 21.5. The van der Waals surface area contributed by atoms with Gasteiger partial charge in [-0.2, -0.15) is 0 Å². The van der Waals surface area contributed by atoms with Crippen LogP contribution in [0.5, 0.6) is 0 Å². The van der Waals surface area contributed by atoms with Crippen LogP contribution in [-0.2, 0) is 0 Å². The minimum atomic E-state index is -0.665. The van der Waals surface area contributed by atoms with Gasteiger partial charge in [0.1, 0.15) is 0 Å². The van der Waals surface area contributed by atoms with Crippen LogP contribution in [0.1, 0.15) is 31.8 Å². The molecule has 0 saturated carbocycles. The predicted octanol–water partition coefficient (Wildman–Crippen LogP) is 2.24. The quantitative estimate of drug-likeness (QED) is 0.682. The molecule has 0 bridgehead atoms. The zero-order valence-electron chi connectivity index (χ0n) is 12.1. The second-order valence-corrected chi connectivity index (χ2v) is 6.26. The Morgan fingerprint density at radius 1 is 1.60 bits per heavy atom. The molecule has 1 N–H and O–H groups in total. The van der Waals surface area contributed by atoms with E-state index in [0.29, 0.717) is 15.9 Å². The number of likely N-dealkylation sites (N-methyl/N-ethyl adjacent to an activating group) is 1. The summed E-state index contributed by atoms with van der Waals surface area (Å²) >= 11 is 1.33. The number of nitrogens with zero attached hydrogens (tertiary/aromatic N) is 3. The topological polar surface area (TPSA) is 69.8 Å². The number of nitro groups is 1. The monoisotopic (exact) mass is 299 g/mol. The van der Waals surface area contributed by atoms with E-state index < -0.39 is 6.10 Å². The number of hydrogen-bond acceptors (Lipinski definition) is 6. The Morgan fingerprint density at radius 3 is 2.80 bits per heavy atom. The summed E-state index contributed by atoms with van der Waals surface area (Å²) in [6.45, 7) is 9.40. The van der Waals surface area contributed by atoms with Gasteiger partial charge in [-0.1, -0.05) is 6.92 Å². The minimum absolute atomic E-state index is 0.114. The molecule has 20 heavy (non-hydrogen) atoms. The first-order valence-electron chi connectivity index (χ1n) is 6.89. The van der Waals surface area contributed by atoms with Crippen molar-refractivity contribution in [2.45, 2.75) is 32.9 Å². The van der Waals surface area contributed by atoms with Gasteiger partial charge in [0.15, 0.2) is 5.00 Å². The highest BCUT2D eigenvalue weighted by molar-refractivity contribution is 7.16. The summed E-state index contributed by atoms with van der Waals surface area (Å²) in [5.41, 5.74) is 0.114. The standard InChI is InChI=1S/C13H21N3O3S/c1-4-14-5-6-15(8-9(14)2)13-11(16(18)19)7-12(20-13)10(3)17/h7,9-10,17H,4-6,8H2,1-3H3/t9?,10-/m1/s1. The van der Waals surface area contributed by atoms with E-state index in [1.165, 1.54) is 17.4 Å². The van der Waals surface area contributed by atoms with Gasteiger partial charge in [-0.05, 0) is 20.4 Å². The Kier molecular flexibility index (Phi) is 4.62. The van der Waals surface area contributed by atoms with Gasteiger partial charge in [-0.15, -0.1) is 11.3 Å². The third-order valence-corrected chi connectivity index (χ3v) is 5.13. The molecule has 0 amide bonds. The molecule has 2 atom stereocenters. The molecule has 1 saturated heterocycles. The van der Waals surface area contributed by atoms with Crippen LogP contribution in [0.3, 0.4) is 0 Å². The lowest BCUT2D eigenvalue weighted by Crippen LogP contribution is -2.51. The molecule has 7 heteroatoms. The van der Waals surface area contributed by atoms with E-state index >= 15 is 0 Å². The van der Waals surface area contributed by atoms with Crippen molar-refractivity contribution >= 4 is 22.0 Å². The van der Waals surface area contributed by atoms with Gasteiger partial charge in [-0.3, -0.25) is 15.0 Å². The molecule has 0 aliphatic carbocycles. The van der Waals surface area contributed by atoms with E-state index in [9.17, 15) is 15.2 Å². The van der Waals surface area contributed by atoms with Gasteiger partial charge in [0.2, 0.25) is 0 Å². The lowest BCUT2D eigenvalue weighted by Gasteiger charge is -2.39. The van der Waals surface area contributed by atoms with Gasteiger partial charge < -0.3 is 10.0 Å². The molecule has 2 rings (SSSR count). The Morgan fingerprint density at radius 2 is 2.30 bits per heavy atom. The molecule has 0 spiro atoms. The maximum atomic E-state index is 11.2. The van der Waals surface area contributed by atoms with Gasteiger partial charge in [0.05, 0.1) is 11.0 Å². The fourth-order valence-corrected chi connectivity index (χ4v) is 3.70. The number of thiophene rings is 1. The Hall–Kier alpha value is -1.18. The second kappa shape index (κ2) is 6.07. The Bertz CT molecular complexity index is 489. The second-order valence-electron chi connectivity index (χ2n) is 5.20. The van der Waals surface area contributed by atoms with Crippen molar-refractivity contribution in [1.82, 2.24) is 4.90 Å². The van der Waals surface area contributed by atoms with Crippen molar-refractivity contribution in [2.75, 3.05) is 31.1 Å². The summed E-state index contributed by atoms with van der Waals surface area (Å²) in [7, 11) is 0. The molecule has 1 unspecified atom stereocenters. The van der Waals surface area contributed by atoms with Gasteiger partial charge in [0.25, 0.3) is 0 Å². The predicted molar refractivity (Wildman–Crippen MR) is 80.5 cm³/mol. The maximum Gasteiger partial charge on any atom is 0.304 e. The summed E-state index contributed by atoms with van der Waals surface area (Å²) in [6, 6.07) is 1.88. The first-order valence-corrected chi connectivity index (χ1v) is 7.70. The van der Waals surface area contributed by atoms with Crippen molar-refractivity contribution in [3.8, 4) is 0 Å². The van der Waals surface area contributed by atoms with Crippen LogP contribution in [0.2, 0.25) is 0 Å². The fourth-order valence-electron chi connectivity index (χ4n) is 2.60. The molecule has 2 heterocycles. The highest BCUT2D eigenvalue weighted by Crippen LogP contribution is 2.40. The zero-order chi connectivity index (χ0) is 14.9. The van der Waals surface area contributed by atoms with E-state index in [4.69, 9.17) is 0 Å². The van der Waals surface area contributed by atoms with Crippen LogP contribution in [0.15, 0.2) is 6.07 Å². The third kappa shape index (κ3) is 2.94.